The van der Waals surface area contributed by atoms with Crippen LogP contribution in [0.2, 0.25) is 0 Å². The molecule has 1 aromatic rings. The van der Waals surface area contributed by atoms with Crippen LogP contribution in [0.5, 0.6) is 5.75 Å². The molecule has 3 heteroatoms. The molecule has 4 unspecified atom stereocenters. The van der Waals surface area contributed by atoms with Crippen LogP contribution in [0.4, 0.5) is 4.79 Å². The van der Waals surface area contributed by atoms with E-state index in [-0.39, 0.29) is 11.5 Å². The molecule has 0 saturated heterocycles. The molecule has 0 heterocycles. The summed E-state index contributed by atoms with van der Waals surface area (Å²) in [5, 5.41) is 0. The fourth-order valence-electron chi connectivity index (χ4n) is 9.57. The Kier molecular flexibility index (Phi) is 9.14. The number of fused-ring (bicyclic) bond motifs is 5. The van der Waals surface area contributed by atoms with Gasteiger partial charge in [0.1, 0.15) is 11.9 Å². The summed E-state index contributed by atoms with van der Waals surface area (Å²) in [5.41, 5.74) is 3.56. The number of aryl methyl sites for hydroxylation is 1. The molecule has 0 bridgehead atoms. The highest BCUT2D eigenvalue weighted by atomic mass is 16.7. The number of unbranched alkanes of at least 4 members (excludes halogenated alkanes) is 5. The third-order valence-electron chi connectivity index (χ3n) is 11.9. The molecule has 216 valence electrons. The van der Waals surface area contributed by atoms with Crippen LogP contribution in [0, 0.1) is 34.5 Å². The second-order valence-electron chi connectivity index (χ2n) is 14.0. The normalized spacial score (nSPS) is 35.4. The topological polar surface area (TPSA) is 35.5 Å². The number of carbonyl (C=O) groups is 1. The van der Waals surface area contributed by atoms with Crippen molar-refractivity contribution in [3.05, 3.63) is 41.5 Å². The smallest absolute Gasteiger partial charge is 0.430 e. The van der Waals surface area contributed by atoms with Gasteiger partial charge in [-0.3, -0.25) is 0 Å². The quantitative estimate of drug-likeness (QED) is 0.130. The molecule has 7 atom stereocenters. The van der Waals surface area contributed by atoms with Crippen LogP contribution < -0.4 is 4.74 Å². The largest absolute Gasteiger partial charge is 0.514 e. The van der Waals surface area contributed by atoms with E-state index in [2.05, 4.69) is 39.8 Å². The van der Waals surface area contributed by atoms with E-state index in [1.54, 1.807) is 5.57 Å². The Bertz CT molecular complexity index is 1010. The fraction of sp³-hybridized carbons (Fsp3) is 0.750. The molecule has 1 aromatic carbocycles. The Hall–Kier alpha value is -1.77. The average Bonchev–Trinajstić information content (AvgIpc) is 3.27. The molecule has 4 aliphatic carbocycles. The van der Waals surface area contributed by atoms with Crippen LogP contribution in [0.3, 0.4) is 0 Å². The summed E-state index contributed by atoms with van der Waals surface area (Å²) in [7, 11) is 0. The summed E-state index contributed by atoms with van der Waals surface area (Å²) in [5.74, 6) is 4.07. The highest BCUT2D eigenvalue weighted by Crippen LogP contribution is 2.66. The Balaban J connectivity index is 1.17. The van der Waals surface area contributed by atoms with E-state index in [0.29, 0.717) is 11.2 Å². The molecule has 3 nitrogen and oxygen atoms in total. The number of rotatable bonds is 10. The predicted molar refractivity (Wildman–Crippen MR) is 160 cm³/mol. The van der Waals surface area contributed by atoms with E-state index >= 15 is 0 Å². The van der Waals surface area contributed by atoms with Gasteiger partial charge in [0.2, 0.25) is 0 Å². The van der Waals surface area contributed by atoms with Gasteiger partial charge in [0.25, 0.3) is 0 Å². The Morgan fingerprint density at radius 2 is 1.77 bits per heavy atom. The second kappa shape index (κ2) is 12.4. The van der Waals surface area contributed by atoms with Crippen molar-refractivity contribution in [2.75, 3.05) is 0 Å². The summed E-state index contributed by atoms with van der Waals surface area (Å²) in [4.78, 5) is 12.6. The molecule has 0 aromatic heterocycles. The third kappa shape index (κ3) is 5.98. The van der Waals surface area contributed by atoms with Gasteiger partial charge in [-0.25, -0.2) is 4.79 Å². The average molecular weight is 535 g/mol. The van der Waals surface area contributed by atoms with Crippen molar-refractivity contribution >= 4 is 6.16 Å². The van der Waals surface area contributed by atoms with Gasteiger partial charge >= 0.3 is 6.16 Å². The number of hydrogen-bond donors (Lipinski definition) is 0. The van der Waals surface area contributed by atoms with E-state index in [1.165, 1.54) is 77.0 Å². The lowest BCUT2D eigenvalue weighted by atomic mass is 9.47. The summed E-state index contributed by atoms with van der Waals surface area (Å²) >= 11 is 0. The Morgan fingerprint density at radius 1 is 0.949 bits per heavy atom. The zero-order valence-corrected chi connectivity index (χ0v) is 25.3. The van der Waals surface area contributed by atoms with Crippen LogP contribution in [0.25, 0.3) is 0 Å². The monoisotopic (exact) mass is 534 g/mol. The first-order chi connectivity index (χ1) is 18.9. The van der Waals surface area contributed by atoms with Gasteiger partial charge in [0, 0.05) is 6.42 Å². The minimum atomic E-state index is -0.554. The highest BCUT2D eigenvalue weighted by molar-refractivity contribution is 5.64. The van der Waals surface area contributed by atoms with Gasteiger partial charge in [-0.2, -0.15) is 0 Å². The van der Waals surface area contributed by atoms with Crippen LogP contribution in [0.1, 0.15) is 130 Å². The van der Waals surface area contributed by atoms with E-state index in [0.717, 1.165) is 54.9 Å². The standard InChI is InChI=1S/C36H54O3/c1-5-7-8-9-10-11-14-27-17-19-32-31-18-16-28-25-30(20-22-36(28,4)33(31)21-23-35(27,32)3)39-34(37)38-29-15-12-13-26(6-2)24-29/h12-13,15-16,24,27,30-33H,5-11,14,17-23,25H2,1-4H3/t27?,30-,31?,32?,33?,35+,36-/m0/s1. The highest BCUT2D eigenvalue weighted by Gasteiger charge is 2.58. The molecule has 3 saturated carbocycles. The van der Waals surface area contributed by atoms with E-state index in [9.17, 15) is 4.79 Å². The van der Waals surface area contributed by atoms with Crippen molar-refractivity contribution in [1.29, 1.82) is 0 Å². The Labute approximate surface area is 238 Å². The predicted octanol–water partition coefficient (Wildman–Crippen LogP) is 10.5. The Morgan fingerprint density at radius 3 is 2.59 bits per heavy atom. The zero-order valence-electron chi connectivity index (χ0n) is 25.3. The lowest BCUT2D eigenvalue weighted by molar-refractivity contribution is -0.0538. The van der Waals surface area contributed by atoms with Gasteiger partial charge in [-0.1, -0.05) is 90.0 Å². The molecule has 39 heavy (non-hydrogen) atoms. The first-order valence-electron chi connectivity index (χ1n) is 16.5. The van der Waals surface area contributed by atoms with Gasteiger partial charge in [-0.15, -0.1) is 0 Å². The summed E-state index contributed by atoms with van der Waals surface area (Å²) < 4.78 is 11.4. The fourth-order valence-corrected chi connectivity index (χ4v) is 9.57. The number of carbonyl (C=O) groups excluding carboxylic acids is 1. The van der Waals surface area contributed by atoms with Crippen molar-refractivity contribution in [2.45, 2.75) is 137 Å². The van der Waals surface area contributed by atoms with E-state index in [4.69, 9.17) is 9.47 Å². The number of ether oxygens (including phenoxy) is 2. The van der Waals surface area contributed by atoms with Crippen molar-refractivity contribution in [3.63, 3.8) is 0 Å². The van der Waals surface area contributed by atoms with Gasteiger partial charge in [-0.05, 0) is 110 Å². The lowest BCUT2D eigenvalue weighted by Crippen LogP contribution is -2.50. The maximum Gasteiger partial charge on any atom is 0.514 e. The molecule has 0 spiro atoms. The number of benzene rings is 1. The van der Waals surface area contributed by atoms with E-state index < -0.39 is 6.16 Å². The van der Waals surface area contributed by atoms with Crippen molar-refractivity contribution in [3.8, 4) is 5.75 Å². The first kappa shape index (κ1) is 28.7. The van der Waals surface area contributed by atoms with Crippen molar-refractivity contribution < 1.29 is 14.3 Å². The maximum atomic E-state index is 12.6. The van der Waals surface area contributed by atoms with Gasteiger partial charge < -0.3 is 9.47 Å². The number of allylic oxidation sites excluding steroid dienone is 1. The van der Waals surface area contributed by atoms with Crippen LogP contribution in [0.15, 0.2) is 35.9 Å². The SMILES string of the molecule is CCCCCCCCC1CCC2C3CC=C4C[C@@H](OC(=O)Oc5cccc(CC)c5)CC[C@]4(C)C3CC[C@]12C. The van der Waals surface area contributed by atoms with Crippen molar-refractivity contribution in [1.82, 2.24) is 0 Å². The van der Waals surface area contributed by atoms with Crippen LogP contribution >= 0.6 is 0 Å². The number of hydrogen-bond acceptors (Lipinski definition) is 3. The lowest BCUT2D eigenvalue weighted by Gasteiger charge is -2.58. The molecule has 4 aliphatic rings. The second-order valence-corrected chi connectivity index (χ2v) is 14.0. The van der Waals surface area contributed by atoms with Crippen LogP contribution in [-0.2, 0) is 11.2 Å². The molecule has 0 aliphatic heterocycles. The summed E-state index contributed by atoms with van der Waals surface area (Å²) in [6.07, 6.45) is 22.8. The van der Waals surface area contributed by atoms with Crippen molar-refractivity contribution in [2.24, 2.45) is 34.5 Å². The minimum Gasteiger partial charge on any atom is -0.430 e. The first-order valence-corrected chi connectivity index (χ1v) is 16.5. The summed E-state index contributed by atoms with van der Waals surface area (Å²) in [6.45, 7) is 9.64. The molecular weight excluding hydrogens is 480 g/mol. The van der Waals surface area contributed by atoms with Crippen LogP contribution in [-0.4, -0.2) is 12.3 Å². The third-order valence-corrected chi connectivity index (χ3v) is 11.9. The molecule has 3 fully saturated rings. The zero-order chi connectivity index (χ0) is 27.5. The molecular formula is C36H54O3. The molecule has 0 radical (unpaired) electrons. The molecule has 0 amide bonds. The molecule has 0 N–H and O–H groups in total. The molecule has 5 rings (SSSR count). The maximum absolute atomic E-state index is 12.6. The summed E-state index contributed by atoms with van der Waals surface area (Å²) in [6, 6.07) is 7.76. The van der Waals surface area contributed by atoms with Gasteiger partial charge in [0.05, 0.1) is 0 Å². The van der Waals surface area contributed by atoms with Gasteiger partial charge in [0.15, 0.2) is 0 Å². The minimum absolute atomic E-state index is 0.0650. The van der Waals surface area contributed by atoms with E-state index in [1.807, 2.05) is 18.2 Å².